The van der Waals surface area contributed by atoms with Crippen LogP contribution < -0.4 is 16.0 Å². The number of primary amides is 1. The predicted octanol–water partition coefficient (Wildman–Crippen LogP) is 1.43. The number of rotatable bonds is 7. The van der Waals surface area contributed by atoms with Crippen LogP contribution in [0.2, 0.25) is 0 Å². The minimum absolute atomic E-state index is 0.251. The summed E-state index contributed by atoms with van der Waals surface area (Å²) in [7, 11) is 0. The van der Waals surface area contributed by atoms with Crippen molar-refractivity contribution in [2.24, 2.45) is 5.73 Å². The largest absolute Gasteiger partial charge is 0.368 e. The molecule has 3 N–H and O–H groups in total. The van der Waals surface area contributed by atoms with Gasteiger partial charge in [0.1, 0.15) is 5.82 Å². The highest BCUT2D eigenvalue weighted by Gasteiger charge is 2.26. The Morgan fingerprint density at radius 1 is 1.50 bits per heavy atom. The molecule has 0 bridgehead atoms. The van der Waals surface area contributed by atoms with Gasteiger partial charge in [0.05, 0.1) is 6.54 Å². The van der Waals surface area contributed by atoms with E-state index in [1.165, 1.54) is 12.8 Å². The molecule has 5 nitrogen and oxygen atoms in total. The third kappa shape index (κ3) is 3.70. The van der Waals surface area contributed by atoms with Gasteiger partial charge in [-0.1, -0.05) is 25.8 Å². The molecule has 1 saturated carbocycles. The molecular formula is C15H24N4O. The first kappa shape index (κ1) is 14.8. The van der Waals surface area contributed by atoms with E-state index in [-0.39, 0.29) is 12.5 Å². The van der Waals surface area contributed by atoms with Crippen LogP contribution in [-0.2, 0) is 11.3 Å². The number of hydrogen-bond donors (Lipinski definition) is 2. The molecule has 1 aromatic heterocycles. The number of nitrogens with two attached hydrogens (primary N) is 1. The summed E-state index contributed by atoms with van der Waals surface area (Å²) in [4.78, 5) is 18.0. The summed E-state index contributed by atoms with van der Waals surface area (Å²) < 4.78 is 0. The normalized spacial score (nSPS) is 15.4. The standard InChI is InChI=1S/C15H24N4O/c1-2-17-10-12-6-5-9-18-15(12)19(11-14(16)20)13-7-3-4-8-13/h5-6,9,13,17H,2-4,7-8,10-11H2,1H3,(H2,16,20). The van der Waals surface area contributed by atoms with Crippen molar-refractivity contribution in [3.63, 3.8) is 0 Å². The molecule has 1 fully saturated rings. The Labute approximate surface area is 120 Å². The zero-order valence-electron chi connectivity index (χ0n) is 12.1. The minimum atomic E-state index is -0.294. The first-order valence-electron chi connectivity index (χ1n) is 7.42. The molecule has 0 radical (unpaired) electrons. The molecule has 1 amide bonds. The van der Waals surface area contributed by atoms with Gasteiger partial charge >= 0.3 is 0 Å². The fourth-order valence-electron chi connectivity index (χ4n) is 2.85. The average molecular weight is 276 g/mol. The number of hydrogen-bond acceptors (Lipinski definition) is 4. The van der Waals surface area contributed by atoms with Crippen LogP contribution in [0, 0.1) is 0 Å². The quantitative estimate of drug-likeness (QED) is 0.790. The maximum atomic E-state index is 11.4. The number of nitrogens with zero attached hydrogens (tertiary/aromatic N) is 2. The SMILES string of the molecule is CCNCc1cccnc1N(CC(N)=O)C1CCCC1. The van der Waals surface area contributed by atoms with Crippen molar-refractivity contribution < 1.29 is 4.79 Å². The minimum Gasteiger partial charge on any atom is -0.368 e. The Bertz CT molecular complexity index is 443. The molecule has 5 heteroatoms. The van der Waals surface area contributed by atoms with E-state index in [9.17, 15) is 4.79 Å². The van der Waals surface area contributed by atoms with Crippen molar-refractivity contribution in [3.05, 3.63) is 23.9 Å². The Morgan fingerprint density at radius 2 is 2.25 bits per heavy atom. The van der Waals surface area contributed by atoms with E-state index < -0.39 is 0 Å². The molecular weight excluding hydrogens is 252 g/mol. The van der Waals surface area contributed by atoms with Crippen molar-refractivity contribution in [3.8, 4) is 0 Å². The monoisotopic (exact) mass is 276 g/mol. The van der Waals surface area contributed by atoms with Crippen LogP contribution in [0.25, 0.3) is 0 Å². The Kier molecular flexibility index (Phi) is 5.35. The van der Waals surface area contributed by atoms with Crippen LogP contribution in [0.4, 0.5) is 5.82 Å². The number of anilines is 1. The second kappa shape index (κ2) is 7.24. The van der Waals surface area contributed by atoms with E-state index >= 15 is 0 Å². The molecule has 1 aliphatic carbocycles. The molecule has 1 heterocycles. The molecule has 1 aliphatic rings. The van der Waals surface area contributed by atoms with E-state index in [0.717, 1.165) is 37.3 Å². The van der Waals surface area contributed by atoms with Gasteiger partial charge in [0.2, 0.25) is 5.91 Å². The fraction of sp³-hybridized carbons (Fsp3) is 0.600. The van der Waals surface area contributed by atoms with E-state index in [2.05, 4.69) is 28.2 Å². The van der Waals surface area contributed by atoms with Gasteiger partial charge in [0.15, 0.2) is 0 Å². The van der Waals surface area contributed by atoms with Crippen LogP contribution in [0.3, 0.4) is 0 Å². The van der Waals surface area contributed by atoms with Crippen molar-refractivity contribution >= 4 is 11.7 Å². The molecule has 0 spiro atoms. The topological polar surface area (TPSA) is 71.2 Å². The van der Waals surface area contributed by atoms with Gasteiger partial charge in [-0.3, -0.25) is 4.79 Å². The first-order chi connectivity index (χ1) is 9.72. The van der Waals surface area contributed by atoms with Gasteiger partial charge in [-0.05, 0) is 25.5 Å². The van der Waals surface area contributed by atoms with E-state index in [1.54, 1.807) is 6.20 Å². The number of pyridine rings is 1. The second-order valence-electron chi connectivity index (χ2n) is 5.30. The summed E-state index contributed by atoms with van der Waals surface area (Å²) in [5.74, 6) is 0.608. The third-order valence-corrected chi connectivity index (χ3v) is 3.80. The number of carbonyl (C=O) groups excluding carboxylic acids is 1. The summed E-state index contributed by atoms with van der Waals surface area (Å²) in [5.41, 5.74) is 6.55. The highest BCUT2D eigenvalue weighted by atomic mass is 16.1. The zero-order valence-corrected chi connectivity index (χ0v) is 12.1. The Balaban J connectivity index is 2.24. The van der Waals surface area contributed by atoms with Crippen molar-refractivity contribution in [1.82, 2.24) is 10.3 Å². The lowest BCUT2D eigenvalue weighted by Crippen LogP contribution is -2.41. The number of carbonyl (C=O) groups is 1. The zero-order chi connectivity index (χ0) is 14.4. The maximum absolute atomic E-state index is 11.4. The van der Waals surface area contributed by atoms with Crippen LogP contribution in [0.15, 0.2) is 18.3 Å². The smallest absolute Gasteiger partial charge is 0.237 e. The maximum Gasteiger partial charge on any atom is 0.237 e. The number of nitrogens with one attached hydrogen (secondary N) is 1. The van der Waals surface area contributed by atoms with Gasteiger partial charge in [0.25, 0.3) is 0 Å². The van der Waals surface area contributed by atoms with Crippen molar-refractivity contribution in [2.45, 2.75) is 45.2 Å². The summed E-state index contributed by atoms with van der Waals surface area (Å²) in [6.45, 7) is 4.00. The average Bonchev–Trinajstić information content (AvgIpc) is 2.97. The van der Waals surface area contributed by atoms with Crippen LogP contribution >= 0.6 is 0 Å². The highest BCUT2D eigenvalue weighted by Crippen LogP contribution is 2.28. The first-order valence-corrected chi connectivity index (χ1v) is 7.42. The summed E-state index contributed by atoms with van der Waals surface area (Å²) >= 11 is 0. The van der Waals surface area contributed by atoms with Crippen molar-refractivity contribution in [2.75, 3.05) is 18.0 Å². The van der Waals surface area contributed by atoms with Gasteiger partial charge < -0.3 is 16.0 Å². The molecule has 0 aliphatic heterocycles. The lowest BCUT2D eigenvalue weighted by Gasteiger charge is -2.30. The van der Waals surface area contributed by atoms with Crippen LogP contribution in [-0.4, -0.2) is 30.0 Å². The molecule has 0 unspecified atom stereocenters. The van der Waals surface area contributed by atoms with E-state index in [0.29, 0.717) is 6.04 Å². The van der Waals surface area contributed by atoms with Crippen molar-refractivity contribution in [1.29, 1.82) is 0 Å². The lowest BCUT2D eigenvalue weighted by atomic mass is 10.1. The molecule has 20 heavy (non-hydrogen) atoms. The predicted molar refractivity (Wildman–Crippen MR) is 80.4 cm³/mol. The highest BCUT2D eigenvalue weighted by molar-refractivity contribution is 5.79. The molecule has 0 saturated heterocycles. The summed E-state index contributed by atoms with van der Waals surface area (Å²) in [6, 6.07) is 4.39. The van der Waals surface area contributed by atoms with Gasteiger partial charge in [-0.15, -0.1) is 0 Å². The number of aromatic nitrogens is 1. The van der Waals surface area contributed by atoms with Crippen LogP contribution in [0.1, 0.15) is 38.2 Å². The van der Waals surface area contributed by atoms with Gasteiger partial charge in [0, 0.05) is 24.3 Å². The number of amides is 1. The molecule has 2 rings (SSSR count). The third-order valence-electron chi connectivity index (χ3n) is 3.80. The van der Waals surface area contributed by atoms with E-state index in [1.807, 2.05) is 6.07 Å². The fourth-order valence-corrected chi connectivity index (χ4v) is 2.85. The summed E-state index contributed by atoms with van der Waals surface area (Å²) in [6.07, 6.45) is 6.45. The second-order valence-corrected chi connectivity index (χ2v) is 5.30. The van der Waals surface area contributed by atoms with E-state index in [4.69, 9.17) is 5.73 Å². The molecule has 0 atom stereocenters. The lowest BCUT2D eigenvalue weighted by molar-refractivity contribution is -0.116. The Hall–Kier alpha value is -1.62. The summed E-state index contributed by atoms with van der Waals surface area (Å²) in [5, 5.41) is 3.32. The van der Waals surface area contributed by atoms with Crippen LogP contribution in [0.5, 0.6) is 0 Å². The molecule has 0 aromatic carbocycles. The molecule has 110 valence electrons. The van der Waals surface area contributed by atoms with Gasteiger partial charge in [-0.2, -0.15) is 0 Å². The van der Waals surface area contributed by atoms with Gasteiger partial charge in [-0.25, -0.2) is 4.98 Å². The Morgan fingerprint density at radius 3 is 2.90 bits per heavy atom. The molecule has 1 aromatic rings.